The average molecular weight is 353 g/mol. The molecule has 0 saturated heterocycles. The highest BCUT2D eigenvalue weighted by Crippen LogP contribution is 2.31. The molecule has 4 nitrogen and oxygen atoms in total. The average Bonchev–Trinajstić information content (AvgIpc) is 3.15. The number of thioether (sulfide) groups is 2. The van der Waals surface area contributed by atoms with Gasteiger partial charge in [0.15, 0.2) is 8.68 Å². The fourth-order valence-electron chi connectivity index (χ4n) is 1.70. The zero-order valence-corrected chi connectivity index (χ0v) is 14.1. The highest BCUT2D eigenvalue weighted by Gasteiger charge is 2.10. The van der Waals surface area contributed by atoms with E-state index in [1.54, 1.807) is 53.3 Å². The van der Waals surface area contributed by atoms with Crippen molar-refractivity contribution in [2.45, 2.75) is 21.4 Å². The molecular formula is C14H12FN3OS3. The van der Waals surface area contributed by atoms with Crippen LogP contribution >= 0.6 is 34.9 Å². The van der Waals surface area contributed by atoms with E-state index in [0.29, 0.717) is 17.2 Å². The molecule has 0 atom stereocenters. The quantitative estimate of drug-likeness (QED) is 0.597. The van der Waals surface area contributed by atoms with E-state index in [4.69, 9.17) is 4.42 Å². The fourth-order valence-corrected chi connectivity index (χ4v) is 4.49. The number of halogens is 1. The molecule has 114 valence electrons. The number of nitrogens with zero attached hydrogens (tertiary/aromatic N) is 3. The molecule has 22 heavy (non-hydrogen) atoms. The van der Waals surface area contributed by atoms with Crippen molar-refractivity contribution >= 4 is 34.9 Å². The maximum absolute atomic E-state index is 13.2. The molecule has 0 bridgehead atoms. The van der Waals surface area contributed by atoms with Gasteiger partial charge in [0.2, 0.25) is 5.89 Å². The predicted molar refractivity (Wildman–Crippen MR) is 87.8 cm³/mol. The molecule has 0 saturated carbocycles. The van der Waals surface area contributed by atoms with Crippen LogP contribution in [0.25, 0.3) is 11.5 Å². The minimum absolute atomic E-state index is 0.304. The maximum Gasteiger partial charge on any atom is 0.226 e. The minimum atomic E-state index is -0.304. The van der Waals surface area contributed by atoms with Crippen LogP contribution in [0.4, 0.5) is 4.39 Å². The number of aromatic nitrogens is 3. The van der Waals surface area contributed by atoms with Gasteiger partial charge < -0.3 is 4.42 Å². The molecule has 2 heterocycles. The number of oxazole rings is 1. The van der Waals surface area contributed by atoms with Crippen LogP contribution in [0.2, 0.25) is 0 Å². The molecule has 0 aliphatic rings. The molecule has 3 rings (SSSR count). The standard InChI is InChI=1S/C14H12FN3OS3/c1-2-20-13-17-18-14(22-13)21-8-11-7-19-12(16-11)9-4-3-5-10(15)6-9/h3-7H,2,8H2,1H3. The van der Waals surface area contributed by atoms with Crippen molar-refractivity contribution in [3.05, 3.63) is 42.0 Å². The third kappa shape index (κ3) is 3.88. The molecule has 0 radical (unpaired) electrons. The van der Waals surface area contributed by atoms with Gasteiger partial charge in [-0.2, -0.15) is 0 Å². The summed E-state index contributed by atoms with van der Waals surface area (Å²) in [6, 6.07) is 6.20. The van der Waals surface area contributed by atoms with Crippen LogP contribution in [0.5, 0.6) is 0 Å². The van der Waals surface area contributed by atoms with Gasteiger partial charge in [0, 0.05) is 11.3 Å². The molecule has 2 aromatic heterocycles. The lowest BCUT2D eigenvalue weighted by atomic mass is 10.2. The van der Waals surface area contributed by atoms with Crippen LogP contribution in [0.15, 0.2) is 43.6 Å². The van der Waals surface area contributed by atoms with Crippen LogP contribution in [0, 0.1) is 5.82 Å². The Morgan fingerprint density at radius 1 is 1.23 bits per heavy atom. The lowest BCUT2D eigenvalue weighted by Crippen LogP contribution is -1.83. The Balaban J connectivity index is 1.64. The van der Waals surface area contributed by atoms with Gasteiger partial charge >= 0.3 is 0 Å². The Morgan fingerprint density at radius 2 is 2.05 bits per heavy atom. The molecule has 0 N–H and O–H groups in total. The summed E-state index contributed by atoms with van der Waals surface area (Å²) in [5, 5.41) is 8.23. The van der Waals surface area contributed by atoms with E-state index in [1.807, 2.05) is 0 Å². The molecule has 0 fully saturated rings. The van der Waals surface area contributed by atoms with Crippen LogP contribution in [0.3, 0.4) is 0 Å². The lowest BCUT2D eigenvalue weighted by Gasteiger charge is -1.94. The third-order valence-electron chi connectivity index (χ3n) is 2.62. The molecule has 0 amide bonds. The second-order valence-electron chi connectivity index (χ2n) is 4.21. The first-order valence-electron chi connectivity index (χ1n) is 6.54. The highest BCUT2D eigenvalue weighted by atomic mass is 32.2. The van der Waals surface area contributed by atoms with Gasteiger partial charge in [0.05, 0.1) is 5.69 Å². The zero-order valence-electron chi connectivity index (χ0n) is 11.7. The normalized spacial score (nSPS) is 11.0. The van der Waals surface area contributed by atoms with E-state index in [0.717, 1.165) is 20.1 Å². The Bertz CT molecular complexity index is 759. The Hall–Kier alpha value is -1.38. The Kier molecular flexibility index (Phi) is 5.12. The summed E-state index contributed by atoms with van der Waals surface area (Å²) in [6.07, 6.45) is 1.59. The summed E-state index contributed by atoms with van der Waals surface area (Å²) in [7, 11) is 0. The van der Waals surface area contributed by atoms with Crippen LogP contribution in [-0.4, -0.2) is 20.9 Å². The van der Waals surface area contributed by atoms with Gasteiger partial charge in [-0.05, 0) is 24.0 Å². The van der Waals surface area contributed by atoms with Crippen molar-refractivity contribution in [1.29, 1.82) is 0 Å². The SMILES string of the molecule is CCSc1nnc(SCc2coc(-c3cccc(F)c3)n2)s1. The molecule has 8 heteroatoms. The topological polar surface area (TPSA) is 51.8 Å². The number of hydrogen-bond donors (Lipinski definition) is 0. The first-order valence-corrected chi connectivity index (χ1v) is 9.33. The van der Waals surface area contributed by atoms with Gasteiger partial charge in [-0.15, -0.1) is 10.2 Å². The second-order valence-corrected chi connectivity index (χ2v) is 7.92. The van der Waals surface area contributed by atoms with E-state index in [2.05, 4.69) is 22.1 Å². The molecule has 3 aromatic rings. The first-order chi connectivity index (χ1) is 10.7. The van der Waals surface area contributed by atoms with Crippen molar-refractivity contribution < 1.29 is 8.81 Å². The molecule has 0 aliphatic heterocycles. The summed E-state index contributed by atoms with van der Waals surface area (Å²) in [4.78, 5) is 4.38. The van der Waals surface area contributed by atoms with Crippen molar-refractivity contribution in [2.24, 2.45) is 0 Å². The summed E-state index contributed by atoms with van der Waals surface area (Å²) in [5.41, 5.74) is 1.43. The van der Waals surface area contributed by atoms with Crippen molar-refractivity contribution in [2.75, 3.05) is 5.75 Å². The molecule has 1 aromatic carbocycles. The van der Waals surface area contributed by atoms with Crippen molar-refractivity contribution in [3.8, 4) is 11.5 Å². The van der Waals surface area contributed by atoms with E-state index in [9.17, 15) is 4.39 Å². The van der Waals surface area contributed by atoms with E-state index in [-0.39, 0.29) is 5.82 Å². The lowest BCUT2D eigenvalue weighted by molar-refractivity contribution is 0.571. The first kappa shape index (κ1) is 15.5. The van der Waals surface area contributed by atoms with Crippen LogP contribution in [-0.2, 0) is 5.75 Å². The van der Waals surface area contributed by atoms with E-state index in [1.165, 1.54) is 12.1 Å². The number of benzene rings is 1. The van der Waals surface area contributed by atoms with Gasteiger partial charge in [-0.25, -0.2) is 9.37 Å². The zero-order chi connectivity index (χ0) is 15.4. The van der Waals surface area contributed by atoms with Crippen molar-refractivity contribution in [1.82, 2.24) is 15.2 Å². The van der Waals surface area contributed by atoms with Gasteiger partial charge in [-0.1, -0.05) is 47.9 Å². The van der Waals surface area contributed by atoms with Gasteiger partial charge in [0.1, 0.15) is 12.1 Å². The van der Waals surface area contributed by atoms with E-state index < -0.39 is 0 Å². The van der Waals surface area contributed by atoms with E-state index >= 15 is 0 Å². The largest absolute Gasteiger partial charge is 0.444 e. The van der Waals surface area contributed by atoms with Crippen LogP contribution in [0.1, 0.15) is 12.6 Å². The Labute approximate surface area is 139 Å². The third-order valence-corrected chi connectivity index (χ3v) is 5.73. The number of rotatable bonds is 6. The van der Waals surface area contributed by atoms with Gasteiger partial charge in [-0.3, -0.25) is 0 Å². The predicted octanol–water partition coefficient (Wildman–Crippen LogP) is 4.74. The monoisotopic (exact) mass is 353 g/mol. The van der Waals surface area contributed by atoms with Crippen LogP contribution < -0.4 is 0 Å². The fraction of sp³-hybridized carbons (Fsp3) is 0.214. The molecular weight excluding hydrogens is 341 g/mol. The highest BCUT2D eigenvalue weighted by molar-refractivity contribution is 8.02. The molecule has 0 unspecified atom stereocenters. The molecule has 0 aliphatic carbocycles. The second kappa shape index (κ2) is 7.26. The smallest absolute Gasteiger partial charge is 0.226 e. The number of hydrogen-bond acceptors (Lipinski definition) is 7. The summed E-state index contributed by atoms with van der Waals surface area (Å²) in [5.74, 6) is 1.75. The molecule has 0 spiro atoms. The Morgan fingerprint density at radius 3 is 2.82 bits per heavy atom. The maximum atomic E-state index is 13.2. The summed E-state index contributed by atoms with van der Waals surface area (Å²) in [6.45, 7) is 2.09. The minimum Gasteiger partial charge on any atom is -0.444 e. The summed E-state index contributed by atoms with van der Waals surface area (Å²) < 4.78 is 20.5. The van der Waals surface area contributed by atoms with Gasteiger partial charge in [0.25, 0.3) is 0 Å². The summed E-state index contributed by atoms with van der Waals surface area (Å²) >= 11 is 4.83. The van der Waals surface area contributed by atoms with Crippen molar-refractivity contribution in [3.63, 3.8) is 0 Å².